The fourth-order valence-corrected chi connectivity index (χ4v) is 13.0. The molecule has 2 aliphatic heterocycles. The second-order valence-corrected chi connectivity index (χ2v) is 23.6. The van der Waals surface area contributed by atoms with Gasteiger partial charge in [-0.1, -0.05) is 38.1 Å². The molecule has 402 valence electrons. The number of allylic oxidation sites excluding steroid dienone is 1. The van der Waals surface area contributed by atoms with Crippen LogP contribution < -0.4 is 29.1 Å². The minimum atomic E-state index is -4.61. The van der Waals surface area contributed by atoms with Crippen molar-refractivity contribution in [3.8, 4) is 23.3 Å². The number of halogens is 1. The lowest BCUT2D eigenvalue weighted by molar-refractivity contribution is -0.0628. The van der Waals surface area contributed by atoms with Crippen LogP contribution in [0.25, 0.3) is 5.83 Å². The number of amides is 1. The minimum absolute atomic E-state index is 0.00343. The minimum Gasteiger partial charge on any atom is -0.481 e. The normalized spacial score (nSPS) is 21.9. The van der Waals surface area contributed by atoms with E-state index in [1.54, 1.807) is 19.2 Å². The number of aromatic nitrogens is 3. The van der Waals surface area contributed by atoms with E-state index in [4.69, 9.17) is 14.2 Å². The van der Waals surface area contributed by atoms with E-state index >= 15 is 0 Å². The third-order valence-corrected chi connectivity index (χ3v) is 17.8. The second kappa shape index (κ2) is 21.8. The van der Waals surface area contributed by atoms with Crippen molar-refractivity contribution in [1.82, 2.24) is 29.5 Å². The predicted octanol–water partition coefficient (Wildman–Crippen LogP) is 9.85. The van der Waals surface area contributed by atoms with Crippen LogP contribution in [0.15, 0.2) is 95.3 Å². The molecule has 0 radical (unpaired) electrons. The zero-order valence-corrected chi connectivity index (χ0v) is 44.7. The first-order valence-corrected chi connectivity index (χ1v) is 27.9. The van der Waals surface area contributed by atoms with Gasteiger partial charge >= 0.3 is 0 Å². The van der Waals surface area contributed by atoms with Crippen molar-refractivity contribution in [1.29, 1.82) is 0 Å². The van der Waals surface area contributed by atoms with Crippen molar-refractivity contribution < 1.29 is 36.9 Å². The lowest BCUT2D eigenvalue weighted by atomic mass is 9.59. The van der Waals surface area contributed by atoms with Gasteiger partial charge in [-0.3, -0.25) is 14.6 Å². The fourth-order valence-electron chi connectivity index (χ4n) is 12.1. The highest BCUT2D eigenvalue weighted by atomic mass is 32.2. The lowest BCUT2D eigenvalue weighted by Gasteiger charge is -2.58. The smallest absolute Gasteiger partial charge is 0.268 e. The Morgan fingerprint density at radius 1 is 0.947 bits per heavy atom. The zero-order valence-electron chi connectivity index (χ0n) is 43.9. The highest BCUT2D eigenvalue weighted by Gasteiger charge is 2.50. The van der Waals surface area contributed by atoms with Crippen molar-refractivity contribution in [3.05, 3.63) is 124 Å². The predicted molar refractivity (Wildman–Crippen MR) is 288 cm³/mol. The number of ether oxygens (including phenoxy) is 3. The van der Waals surface area contributed by atoms with Crippen molar-refractivity contribution >= 4 is 38.9 Å². The first-order chi connectivity index (χ1) is 36.5. The molecule has 3 aliphatic carbocycles. The van der Waals surface area contributed by atoms with Crippen LogP contribution in [0.2, 0.25) is 0 Å². The molecule has 76 heavy (non-hydrogen) atoms. The van der Waals surface area contributed by atoms with Crippen LogP contribution in [0.4, 0.5) is 21.6 Å². The summed E-state index contributed by atoms with van der Waals surface area (Å²) in [5, 5.41) is 16.5. The summed E-state index contributed by atoms with van der Waals surface area (Å²) in [4.78, 5) is 46.4. The van der Waals surface area contributed by atoms with Gasteiger partial charge < -0.3 is 29.5 Å². The SMILES string of the molecule is COc1cc(CN2CCN(C3CC4(CCN(c5ccc(C(=O)NS(=O)(=O)c6cnc(NCC7CCC(C)(O)CC7)c(N=O)c6)c(Oc6cc7c(nc6OC)CC=C7F)c5)CC4)C3)[C@H](c3ccccc3C(C)C)C2)ccn1. The molecule has 19 heteroatoms. The van der Waals surface area contributed by atoms with Crippen molar-refractivity contribution in [2.75, 3.05) is 63.7 Å². The number of nitrogens with one attached hydrogen (secondary N) is 2. The summed E-state index contributed by atoms with van der Waals surface area (Å²) in [6.45, 7) is 12.0. The van der Waals surface area contributed by atoms with Crippen molar-refractivity contribution in [2.45, 2.75) is 114 Å². The van der Waals surface area contributed by atoms with Gasteiger partial charge in [0.25, 0.3) is 21.8 Å². The molecule has 1 amide bonds. The molecule has 17 nitrogen and oxygen atoms in total. The Balaban J connectivity index is 0.849. The Morgan fingerprint density at radius 2 is 1.72 bits per heavy atom. The first-order valence-electron chi connectivity index (χ1n) is 26.5. The number of rotatable bonds is 17. The number of hydrogen-bond acceptors (Lipinski definition) is 16. The maximum Gasteiger partial charge on any atom is 0.268 e. The van der Waals surface area contributed by atoms with E-state index < -0.39 is 32.3 Å². The van der Waals surface area contributed by atoms with Gasteiger partial charge in [-0.15, -0.1) is 4.91 Å². The summed E-state index contributed by atoms with van der Waals surface area (Å²) in [5.41, 5.74) is 4.57. The number of benzene rings is 2. The average Bonchev–Trinajstić information content (AvgIpc) is 3.82. The van der Waals surface area contributed by atoms with Gasteiger partial charge in [0, 0.05) is 100 Å². The lowest BCUT2D eigenvalue weighted by Crippen LogP contribution is -2.60. The van der Waals surface area contributed by atoms with Gasteiger partial charge in [0.05, 0.1) is 31.1 Å². The van der Waals surface area contributed by atoms with Crippen molar-refractivity contribution in [2.24, 2.45) is 16.5 Å². The molecule has 5 aromatic rings. The number of pyridine rings is 3. The number of fused-ring (bicyclic) bond motifs is 1. The Bertz CT molecular complexity index is 3110. The van der Waals surface area contributed by atoms with Gasteiger partial charge in [-0.25, -0.2) is 32.5 Å². The van der Waals surface area contributed by atoms with E-state index in [9.17, 15) is 27.6 Å². The zero-order chi connectivity index (χ0) is 53.4. The van der Waals surface area contributed by atoms with Gasteiger partial charge in [0.1, 0.15) is 16.5 Å². The molecular formula is C57H68FN9O8S. The molecule has 1 atom stereocenters. The topological polar surface area (TPSA) is 201 Å². The Hall–Kier alpha value is -6.54. The van der Waals surface area contributed by atoms with E-state index in [1.807, 2.05) is 19.2 Å². The van der Waals surface area contributed by atoms with E-state index in [1.165, 1.54) is 42.0 Å². The molecule has 4 fully saturated rings. The van der Waals surface area contributed by atoms with E-state index in [0.29, 0.717) is 42.9 Å². The largest absolute Gasteiger partial charge is 0.481 e. The number of piperazine rings is 1. The molecule has 5 aliphatic rings. The molecule has 3 aromatic heterocycles. The fraction of sp³-hybridized carbons (Fsp3) is 0.474. The monoisotopic (exact) mass is 1060 g/mol. The van der Waals surface area contributed by atoms with Crippen LogP contribution >= 0.6 is 0 Å². The van der Waals surface area contributed by atoms with E-state index in [-0.39, 0.29) is 63.8 Å². The average molecular weight is 1060 g/mol. The number of anilines is 2. The molecule has 0 bridgehead atoms. The molecule has 2 aromatic carbocycles. The summed E-state index contributed by atoms with van der Waals surface area (Å²) in [6.07, 6.45) is 11.5. The number of hydrogen-bond donors (Lipinski definition) is 3. The second-order valence-electron chi connectivity index (χ2n) is 21.9. The molecule has 2 saturated heterocycles. The van der Waals surface area contributed by atoms with Crippen LogP contribution in [-0.2, 0) is 23.0 Å². The molecule has 10 rings (SSSR count). The Kier molecular flexibility index (Phi) is 15.2. The van der Waals surface area contributed by atoms with Crippen molar-refractivity contribution in [3.63, 3.8) is 0 Å². The van der Waals surface area contributed by atoms with Crippen LogP contribution in [0.1, 0.15) is 122 Å². The van der Waals surface area contributed by atoms with Crippen LogP contribution in [0.5, 0.6) is 23.3 Å². The number of piperidine rings is 1. The summed E-state index contributed by atoms with van der Waals surface area (Å²) >= 11 is 0. The highest BCUT2D eigenvalue weighted by molar-refractivity contribution is 7.90. The van der Waals surface area contributed by atoms with Crippen LogP contribution in [0.3, 0.4) is 0 Å². The summed E-state index contributed by atoms with van der Waals surface area (Å²) in [6, 6.07) is 21.2. The number of nitrogens with zero attached hydrogens (tertiary/aromatic N) is 7. The van der Waals surface area contributed by atoms with Crippen LogP contribution in [-0.4, -0.2) is 109 Å². The van der Waals surface area contributed by atoms with Gasteiger partial charge in [-0.2, -0.15) is 0 Å². The third-order valence-electron chi connectivity index (χ3n) is 16.5. The molecule has 2 saturated carbocycles. The highest BCUT2D eigenvalue weighted by Crippen LogP contribution is 2.54. The standard InChI is InChI=1S/C57H68FN9O8S/c1-36(2)42-8-6-7-9-43(42)49-35-65(34-38-16-21-59-52(26-38)73-4)24-25-67(49)40-30-57(31-40)19-22-66(23-20-57)39-10-11-44(50(27-39)75-51-29-45-46(58)12-13-47(45)62-55(51)74-5)54(68)64-76(71,72)41-28-48(63-70)53(61-33-41)60-32-37-14-17-56(3,69)18-15-37/h6-12,16,21,26-29,33,36-37,40,49,69H,13-15,17-20,22-25,30-32,34-35H2,1-5H3,(H,60,61)(H,64,68)/t37?,49-,56?/m0/s1. The number of carbonyl (C=O) groups is 1. The molecule has 1 spiro atoms. The first kappa shape index (κ1) is 52.9. The Labute approximate surface area is 444 Å². The number of sulfonamides is 1. The van der Waals surface area contributed by atoms with E-state index in [0.717, 1.165) is 95.7 Å². The third kappa shape index (κ3) is 11.3. The molecule has 3 N–H and O–H groups in total. The number of carbonyl (C=O) groups excluding carboxylic acids is 1. The summed E-state index contributed by atoms with van der Waals surface area (Å²) in [7, 11) is -1.55. The molecular weight excluding hydrogens is 990 g/mol. The van der Waals surface area contributed by atoms with Gasteiger partial charge in [-0.05, 0) is 134 Å². The summed E-state index contributed by atoms with van der Waals surface area (Å²) in [5.74, 6) is -0.0161. The van der Waals surface area contributed by atoms with E-state index in [2.05, 4.69) is 89.0 Å². The quantitative estimate of drug-likeness (QED) is 0.0743. The maximum absolute atomic E-state index is 15.0. The van der Waals surface area contributed by atoms with Gasteiger partial charge in [0.2, 0.25) is 5.88 Å². The maximum atomic E-state index is 15.0. The number of nitroso groups, excluding NO2 is 1. The van der Waals surface area contributed by atoms with Gasteiger partial charge in [0.15, 0.2) is 17.3 Å². The molecule has 0 unspecified atom stereocenters. The molecule has 5 heterocycles. The Morgan fingerprint density at radius 3 is 2.46 bits per heavy atom. The number of aliphatic hydroxyl groups is 1. The number of methoxy groups -OCH3 is 2. The summed E-state index contributed by atoms with van der Waals surface area (Å²) < 4.78 is 62.3. The van der Waals surface area contributed by atoms with Crippen LogP contribution in [0, 0.1) is 16.2 Å².